The molecule has 0 heterocycles. The Kier molecular flexibility index (Phi) is 4.61. The summed E-state index contributed by atoms with van der Waals surface area (Å²) in [5.74, 6) is 0. The van der Waals surface area contributed by atoms with E-state index in [0.29, 0.717) is 21.3 Å². The molecule has 108 valence electrons. The first-order chi connectivity index (χ1) is 9.86. The van der Waals surface area contributed by atoms with Crippen molar-refractivity contribution in [2.45, 2.75) is 13.1 Å². The number of thiocarbonyl (C=S) groups is 1. The van der Waals surface area contributed by atoms with Crippen LogP contribution < -0.4 is 0 Å². The van der Waals surface area contributed by atoms with Crippen molar-refractivity contribution in [3.8, 4) is 11.1 Å². The molecule has 0 atom stereocenters. The summed E-state index contributed by atoms with van der Waals surface area (Å²) in [4.78, 5) is 3.89. The van der Waals surface area contributed by atoms with Crippen molar-refractivity contribution >= 4 is 39.0 Å². The maximum absolute atomic E-state index is 13.2. The van der Waals surface area contributed by atoms with Crippen molar-refractivity contribution in [3.05, 3.63) is 52.0 Å². The molecule has 1 nitrogen and oxygen atoms in total. The van der Waals surface area contributed by atoms with Crippen LogP contribution in [-0.4, -0.2) is 5.16 Å². The van der Waals surface area contributed by atoms with E-state index in [-0.39, 0.29) is 5.56 Å². The molecule has 21 heavy (non-hydrogen) atoms. The summed E-state index contributed by atoms with van der Waals surface area (Å²) in [6.07, 6.45) is -4.42. The lowest BCUT2D eigenvalue weighted by atomic mass is 9.95. The molecule has 0 N–H and O–H groups in total. The smallest absolute Gasteiger partial charge is 0.194 e. The minimum Gasteiger partial charge on any atom is -0.194 e. The van der Waals surface area contributed by atoms with Crippen LogP contribution in [0.3, 0.4) is 0 Å². The van der Waals surface area contributed by atoms with Gasteiger partial charge in [-0.1, -0.05) is 34.1 Å². The molecular formula is C15H9BrF3NS. The summed E-state index contributed by atoms with van der Waals surface area (Å²) in [6.45, 7) is 1.71. The summed E-state index contributed by atoms with van der Waals surface area (Å²) in [7, 11) is 0. The van der Waals surface area contributed by atoms with Gasteiger partial charge in [0.25, 0.3) is 0 Å². The molecule has 0 saturated heterocycles. The van der Waals surface area contributed by atoms with E-state index >= 15 is 0 Å². The fourth-order valence-electron chi connectivity index (χ4n) is 2.12. The van der Waals surface area contributed by atoms with Gasteiger partial charge in [0, 0.05) is 10.0 Å². The fourth-order valence-corrected chi connectivity index (χ4v) is 2.86. The van der Waals surface area contributed by atoms with Gasteiger partial charge in [-0.2, -0.15) is 18.2 Å². The number of alkyl halides is 3. The van der Waals surface area contributed by atoms with Crippen LogP contribution in [0.15, 0.2) is 45.9 Å². The van der Waals surface area contributed by atoms with E-state index in [2.05, 4.69) is 38.3 Å². The van der Waals surface area contributed by atoms with E-state index in [4.69, 9.17) is 0 Å². The maximum atomic E-state index is 13.2. The van der Waals surface area contributed by atoms with Gasteiger partial charge < -0.3 is 0 Å². The van der Waals surface area contributed by atoms with Gasteiger partial charge in [0.1, 0.15) is 0 Å². The third kappa shape index (κ3) is 3.23. The average Bonchev–Trinajstić information content (AvgIpc) is 2.42. The van der Waals surface area contributed by atoms with Crippen LogP contribution in [0.1, 0.15) is 11.1 Å². The van der Waals surface area contributed by atoms with E-state index in [0.717, 1.165) is 6.07 Å². The molecule has 0 aliphatic carbocycles. The zero-order chi connectivity index (χ0) is 15.6. The van der Waals surface area contributed by atoms with Crippen LogP contribution in [0.25, 0.3) is 11.1 Å². The number of isothiocyanates is 1. The summed E-state index contributed by atoms with van der Waals surface area (Å²) < 4.78 is 40.1. The van der Waals surface area contributed by atoms with Crippen LogP contribution in [0.5, 0.6) is 0 Å². The van der Waals surface area contributed by atoms with Gasteiger partial charge in [-0.05, 0) is 48.5 Å². The molecule has 0 spiro atoms. The third-order valence-corrected chi connectivity index (χ3v) is 3.81. The number of hydrogen-bond donors (Lipinski definition) is 0. The number of hydrogen-bond acceptors (Lipinski definition) is 2. The lowest BCUT2D eigenvalue weighted by Crippen LogP contribution is -2.07. The zero-order valence-electron chi connectivity index (χ0n) is 10.8. The lowest BCUT2D eigenvalue weighted by molar-refractivity contribution is -0.137. The van der Waals surface area contributed by atoms with E-state index < -0.39 is 11.7 Å². The van der Waals surface area contributed by atoms with Crippen LogP contribution in [-0.2, 0) is 6.18 Å². The molecule has 0 aliphatic heterocycles. The average molecular weight is 372 g/mol. The Morgan fingerprint density at radius 3 is 2.43 bits per heavy atom. The maximum Gasteiger partial charge on any atom is 0.417 e. The topological polar surface area (TPSA) is 12.4 Å². The first kappa shape index (κ1) is 15.9. The largest absolute Gasteiger partial charge is 0.417 e. The van der Waals surface area contributed by atoms with Crippen LogP contribution in [0.2, 0.25) is 0 Å². The first-order valence-corrected chi connectivity index (χ1v) is 7.10. The summed E-state index contributed by atoms with van der Waals surface area (Å²) in [5.41, 5.74) is 0.987. The Morgan fingerprint density at radius 1 is 1.14 bits per heavy atom. The Morgan fingerprint density at radius 2 is 1.81 bits per heavy atom. The molecule has 0 fully saturated rings. The molecule has 0 unspecified atom stereocenters. The van der Waals surface area contributed by atoms with Gasteiger partial charge in [-0.25, -0.2) is 0 Å². The first-order valence-electron chi connectivity index (χ1n) is 5.90. The minimum atomic E-state index is -4.42. The molecule has 0 aromatic heterocycles. The highest BCUT2D eigenvalue weighted by molar-refractivity contribution is 9.10. The Balaban J connectivity index is 2.79. The molecule has 0 saturated carbocycles. The monoisotopic (exact) mass is 371 g/mol. The normalized spacial score (nSPS) is 11.1. The molecule has 2 aromatic carbocycles. The fraction of sp³-hybridized carbons (Fsp3) is 0.133. The summed E-state index contributed by atoms with van der Waals surface area (Å²) in [6, 6.07) is 8.79. The molecule has 0 bridgehead atoms. The zero-order valence-corrected chi connectivity index (χ0v) is 13.2. The van der Waals surface area contributed by atoms with Gasteiger partial charge >= 0.3 is 6.18 Å². The van der Waals surface area contributed by atoms with Gasteiger partial charge in [-0.3, -0.25) is 0 Å². The SMILES string of the molecule is Cc1c(N=C=S)ccc(Br)c1-c1ccccc1C(F)(F)F. The number of nitrogens with zero attached hydrogens (tertiary/aromatic N) is 1. The highest BCUT2D eigenvalue weighted by atomic mass is 79.9. The predicted molar refractivity (Wildman–Crippen MR) is 84.0 cm³/mol. The van der Waals surface area contributed by atoms with Crippen LogP contribution in [0, 0.1) is 6.92 Å². The second kappa shape index (κ2) is 6.10. The molecule has 2 aromatic rings. The highest BCUT2D eigenvalue weighted by Crippen LogP contribution is 2.42. The van der Waals surface area contributed by atoms with Gasteiger partial charge in [0.2, 0.25) is 0 Å². The second-order valence-corrected chi connectivity index (χ2v) is 5.35. The van der Waals surface area contributed by atoms with Crippen molar-refractivity contribution < 1.29 is 13.2 Å². The van der Waals surface area contributed by atoms with Crippen molar-refractivity contribution in [3.63, 3.8) is 0 Å². The van der Waals surface area contributed by atoms with Crippen molar-refractivity contribution in [1.29, 1.82) is 0 Å². The van der Waals surface area contributed by atoms with Gasteiger partial charge in [0.15, 0.2) is 0 Å². The molecule has 0 aliphatic rings. The Labute approximate surface area is 133 Å². The van der Waals surface area contributed by atoms with Crippen LogP contribution in [0.4, 0.5) is 18.9 Å². The Hall–Kier alpha value is -1.49. The molecule has 2 rings (SSSR count). The minimum absolute atomic E-state index is 0.107. The van der Waals surface area contributed by atoms with Gasteiger partial charge in [-0.15, -0.1) is 0 Å². The highest BCUT2D eigenvalue weighted by Gasteiger charge is 2.34. The molecule has 0 radical (unpaired) electrons. The number of aliphatic imine (C=N–C) groups is 1. The standard InChI is InChI=1S/C15H9BrF3NS/c1-9-13(20-8-21)7-6-12(16)14(9)10-4-2-3-5-11(10)15(17,18)19/h2-7H,1H3. The van der Waals surface area contributed by atoms with Gasteiger partial charge in [0.05, 0.1) is 16.4 Å². The van der Waals surface area contributed by atoms with E-state index in [9.17, 15) is 13.2 Å². The van der Waals surface area contributed by atoms with Crippen molar-refractivity contribution in [1.82, 2.24) is 0 Å². The third-order valence-electron chi connectivity index (χ3n) is 3.05. The quantitative estimate of drug-likeness (QED) is 0.453. The second-order valence-electron chi connectivity index (χ2n) is 4.31. The van der Waals surface area contributed by atoms with E-state index in [1.54, 1.807) is 25.1 Å². The molecular weight excluding hydrogens is 363 g/mol. The van der Waals surface area contributed by atoms with E-state index in [1.165, 1.54) is 12.1 Å². The number of benzene rings is 2. The Bertz CT molecular complexity index is 734. The predicted octanol–water partition coefficient (Wildman–Crippen LogP) is 6.18. The van der Waals surface area contributed by atoms with Crippen molar-refractivity contribution in [2.75, 3.05) is 0 Å². The lowest BCUT2D eigenvalue weighted by Gasteiger charge is -2.16. The summed E-state index contributed by atoms with van der Waals surface area (Å²) in [5, 5.41) is 2.24. The van der Waals surface area contributed by atoms with Crippen LogP contribution >= 0.6 is 28.1 Å². The number of halogens is 4. The molecule has 0 amide bonds. The molecule has 6 heteroatoms. The van der Waals surface area contributed by atoms with E-state index in [1.807, 2.05) is 0 Å². The van der Waals surface area contributed by atoms with Crippen molar-refractivity contribution in [2.24, 2.45) is 4.99 Å². The number of rotatable bonds is 2. The summed E-state index contributed by atoms with van der Waals surface area (Å²) >= 11 is 7.88.